The quantitative estimate of drug-likeness (QED) is 0.677. The zero-order chi connectivity index (χ0) is 12.5. The van der Waals surface area contributed by atoms with Crippen molar-refractivity contribution in [1.29, 1.82) is 0 Å². The van der Waals surface area contributed by atoms with Gasteiger partial charge in [0, 0.05) is 11.9 Å². The number of carboxylic acids is 1. The lowest BCUT2D eigenvalue weighted by molar-refractivity contribution is 0.0691. The Kier molecular flexibility index (Phi) is 7.04. The van der Waals surface area contributed by atoms with E-state index in [1.807, 2.05) is 11.8 Å². The molecule has 0 amide bonds. The third kappa shape index (κ3) is 5.93. The Morgan fingerprint density at radius 1 is 1.47 bits per heavy atom. The molecule has 4 nitrogen and oxygen atoms in total. The topological polar surface area (TPSA) is 62.2 Å². The van der Waals surface area contributed by atoms with E-state index in [9.17, 15) is 4.79 Å². The number of nitrogens with one attached hydrogen (secondary N) is 1. The van der Waals surface area contributed by atoms with Gasteiger partial charge in [0.25, 0.3) is 0 Å². The normalized spacial score (nSPS) is 10.4. The molecule has 0 saturated heterocycles. The van der Waals surface area contributed by atoms with E-state index in [2.05, 4.69) is 16.6 Å². The standard InChI is InChI=1S/C11H18N2O2S2/c1-16-7-5-3-2-4-6-12-11-13-9(8-17-11)10(14)15/h8H,2-7H2,1H3,(H,12,13)(H,14,15). The minimum absolute atomic E-state index is 0.123. The van der Waals surface area contributed by atoms with Crippen LogP contribution in [0, 0.1) is 0 Å². The maximum Gasteiger partial charge on any atom is 0.355 e. The Balaban J connectivity index is 2.07. The van der Waals surface area contributed by atoms with Gasteiger partial charge in [0.15, 0.2) is 10.8 Å². The summed E-state index contributed by atoms with van der Waals surface area (Å²) in [6.07, 6.45) is 6.99. The van der Waals surface area contributed by atoms with Gasteiger partial charge in [0.1, 0.15) is 0 Å². The predicted molar refractivity (Wildman–Crippen MR) is 74.4 cm³/mol. The zero-order valence-electron chi connectivity index (χ0n) is 9.94. The molecule has 0 fully saturated rings. The largest absolute Gasteiger partial charge is 0.476 e. The average Bonchev–Trinajstić information content (AvgIpc) is 2.77. The van der Waals surface area contributed by atoms with Gasteiger partial charge in [-0.1, -0.05) is 12.8 Å². The number of carbonyl (C=O) groups is 1. The molecule has 0 aliphatic rings. The zero-order valence-corrected chi connectivity index (χ0v) is 11.6. The third-order valence-electron chi connectivity index (χ3n) is 2.27. The highest BCUT2D eigenvalue weighted by atomic mass is 32.2. The van der Waals surface area contributed by atoms with E-state index in [1.165, 1.54) is 36.4 Å². The average molecular weight is 274 g/mol. The molecule has 0 unspecified atom stereocenters. The highest BCUT2D eigenvalue weighted by Gasteiger charge is 2.07. The minimum Gasteiger partial charge on any atom is -0.476 e. The second-order valence-corrected chi connectivity index (χ2v) is 5.52. The lowest BCUT2D eigenvalue weighted by Crippen LogP contribution is -2.02. The third-order valence-corrected chi connectivity index (χ3v) is 3.77. The van der Waals surface area contributed by atoms with E-state index in [0.717, 1.165) is 13.0 Å². The first-order chi connectivity index (χ1) is 8.24. The summed E-state index contributed by atoms with van der Waals surface area (Å²) in [4.78, 5) is 14.6. The number of aromatic nitrogens is 1. The van der Waals surface area contributed by atoms with Gasteiger partial charge >= 0.3 is 5.97 Å². The molecule has 0 aliphatic heterocycles. The number of thiazole rings is 1. The maximum absolute atomic E-state index is 10.6. The van der Waals surface area contributed by atoms with E-state index >= 15 is 0 Å². The lowest BCUT2D eigenvalue weighted by Gasteiger charge is -2.02. The molecule has 96 valence electrons. The first-order valence-electron chi connectivity index (χ1n) is 5.65. The second-order valence-electron chi connectivity index (χ2n) is 3.68. The van der Waals surface area contributed by atoms with E-state index in [1.54, 1.807) is 5.38 Å². The van der Waals surface area contributed by atoms with Crippen molar-refractivity contribution in [3.63, 3.8) is 0 Å². The highest BCUT2D eigenvalue weighted by Crippen LogP contribution is 2.15. The van der Waals surface area contributed by atoms with Crippen molar-refractivity contribution in [2.45, 2.75) is 25.7 Å². The fourth-order valence-corrected chi connectivity index (χ4v) is 2.58. The van der Waals surface area contributed by atoms with E-state index in [-0.39, 0.29) is 5.69 Å². The van der Waals surface area contributed by atoms with Crippen LogP contribution in [0.1, 0.15) is 36.2 Å². The summed E-state index contributed by atoms with van der Waals surface area (Å²) in [5, 5.41) is 14.1. The number of rotatable bonds is 9. The molecule has 6 heteroatoms. The number of hydrogen-bond donors (Lipinski definition) is 2. The van der Waals surface area contributed by atoms with Crippen LogP contribution in [0.3, 0.4) is 0 Å². The van der Waals surface area contributed by atoms with E-state index < -0.39 is 5.97 Å². The Morgan fingerprint density at radius 3 is 2.88 bits per heavy atom. The van der Waals surface area contributed by atoms with Gasteiger partial charge in [-0.3, -0.25) is 0 Å². The molecule has 0 saturated carbocycles. The number of anilines is 1. The van der Waals surface area contributed by atoms with Gasteiger partial charge in [-0.2, -0.15) is 11.8 Å². The summed E-state index contributed by atoms with van der Waals surface area (Å²) in [6.45, 7) is 0.867. The summed E-state index contributed by atoms with van der Waals surface area (Å²) in [5.74, 6) is 0.272. The number of carboxylic acid groups (broad SMARTS) is 1. The predicted octanol–water partition coefficient (Wildman–Crippen LogP) is 3.18. The molecule has 0 bridgehead atoms. The van der Waals surface area contributed by atoms with Crippen LogP contribution in [-0.4, -0.2) is 34.6 Å². The van der Waals surface area contributed by atoms with Crippen LogP contribution < -0.4 is 5.32 Å². The van der Waals surface area contributed by atoms with Gasteiger partial charge in [0.05, 0.1) is 0 Å². The van der Waals surface area contributed by atoms with Crippen molar-refractivity contribution in [3.05, 3.63) is 11.1 Å². The molecule has 1 aromatic heterocycles. The molecular formula is C11H18N2O2S2. The van der Waals surface area contributed by atoms with Crippen LogP contribution in [0.5, 0.6) is 0 Å². The lowest BCUT2D eigenvalue weighted by atomic mass is 10.2. The molecule has 1 rings (SSSR count). The van der Waals surface area contributed by atoms with Gasteiger partial charge in [-0.15, -0.1) is 11.3 Å². The second kappa shape index (κ2) is 8.36. The number of nitrogens with zero attached hydrogens (tertiary/aromatic N) is 1. The van der Waals surface area contributed by atoms with Crippen molar-refractivity contribution in [2.24, 2.45) is 0 Å². The molecule has 0 aliphatic carbocycles. The van der Waals surface area contributed by atoms with Gasteiger partial charge in [0.2, 0.25) is 0 Å². The molecule has 0 aromatic carbocycles. The Morgan fingerprint density at radius 2 is 2.24 bits per heavy atom. The van der Waals surface area contributed by atoms with Crippen molar-refractivity contribution in [2.75, 3.05) is 23.9 Å². The van der Waals surface area contributed by atoms with Crippen molar-refractivity contribution in [3.8, 4) is 0 Å². The molecule has 0 spiro atoms. The molecule has 0 radical (unpaired) electrons. The van der Waals surface area contributed by atoms with Gasteiger partial charge in [-0.25, -0.2) is 9.78 Å². The SMILES string of the molecule is CSCCCCCCNc1nc(C(=O)O)cs1. The van der Waals surface area contributed by atoms with E-state index in [0.29, 0.717) is 5.13 Å². The Labute approximate surface area is 110 Å². The number of hydrogen-bond acceptors (Lipinski definition) is 5. The molecule has 1 aromatic rings. The van der Waals surface area contributed by atoms with Crippen LogP contribution in [0.25, 0.3) is 0 Å². The summed E-state index contributed by atoms with van der Waals surface area (Å²) in [5.41, 5.74) is 0.123. The number of unbranched alkanes of at least 4 members (excludes halogenated alkanes) is 3. The number of thioether (sulfide) groups is 1. The maximum atomic E-state index is 10.6. The molecule has 0 atom stereocenters. The molecule has 1 heterocycles. The summed E-state index contributed by atoms with van der Waals surface area (Å²) in [7, 11) is 0. The van der Waals surface area contributed by atoms with E-state index in [4.69, 9.17) is 5.11 Å². The molecule has 17 heavy (non-hydrogen) atoms. The monoisotopic (exact) mass is 274 g/mol. The first-order valence-corrected chi connectivity index (χ1v) is 7.93. The Bertz CT molecular complexity index is 342. The summed E-state index contributed by atoms with van der Waals surface area (Å²) in [6, 6.07) is 0. The fourth-order valence-electron chi connectivity index (χ4n) is 1.37. The van der Waals surface area contributed by atoms with Crippen LogP contribution in [0.4, 0.5) is 5.13 Å². The van der Waals surface area contributed by atoms with Crippen molar-refractivity contribution in [1.82, 2.24) is 4.98 Å². The fraction of sp³-hybridized carbons (Fsp3) is 0.636. The Hall–Kier alpha value is -0.750. The van der Waals surface area contributed by atoms with Crippen molar-refractivity contribution >= 4 is 34.2 Å². The highest BCUT2D eigenvalue weighted by molar-refractivity contribution is 7.98. The summed E-state index contributed by atoms with van der Waals surface area (Å²) < 4.78 is 0. The van der Waals surface area contributed by atoms with Crippen LogP contribution in [0.2, 0.25) is 0 Å². The van der Waals surface area contributed by atoms with Crippen molar-refractivity contribution < 1.29 is 9.90 Å². The molecule has 2 N–H and O–H groups in total. The minimum atomic E-state index is -0.966. The van der Waals surface area contributed by atoms with Gasteiger partial charge < -0.3 is 10.4 Å². The smallest absolute Gasteiger partial charge is 0.355 e. The first kappa shape index (κ1) is 14.3. The summed E-state index contributed by atoms with van der Waals surface area (Å²) >= 11 is 3.23. The van der Waals surface area contributed by atoms with Crippen LogP contribution in [-0.2, 0) is 0 Å². The van der Waals surface area contributed by atoms with Crippen LogP contribution >= 0.6 is 23.1 Å². The number of aromatic carboxylic acids is 1. The van der Waals surface area contributed by atoms with Gasteiger partial charge in [-0.05, 0) is 24.9 Å². The molecular weight excluding hydrogens is 256 g/mol. The van der Waals surface area contributed by atoms with Crippen LogP contribution in [0.15, 0.2) is 5.38 Å².